The number of aryl methyl sites for hydroxylation is 2. The van der Waals surface area contributed by atoms with Crippen LogP contribution in [0.25, 0.3) is 10.9 Å². The normalized spacial score (nSPS) is 14.5. The number of para-hydroxylation sites is 1. The van der Waals surface area contributed by atoms with Gasteiger partial charge >= 0.3 is 0 Å². The maximum absolute atomic E-state index is 2.56. The molecule has 1 aliphatic rings. The largest absolute Gasteiger partial charge is 0.344 e. The van der Waals surface area contributed by atoms with Crippen molar-refractivity contribution in [2.75, 3.05) is 13.6 Å². The van der Waals surface area contributed by atoms with Crippen LogP contribution in [0.1, 0.15) is 16.8 Å². The predicted octanol–water partition coefficient (Wildman–Crippen LogP) is 4.29. The first kappa shape index (κ1) is 16.1. The van der Waals surface area contributed by atoms with Crippen LogP contribution in [0, 0.1) is 0 Å². The highest BCUT2D eigenvalue weighted by molar-refractivity contribution is 5.86. The second kappa shape index (κ2) is 6.77. The van der Waals surface area contributed by atoms with Crippen LogP contribution in [0.4, 0.5) is 0 Å². The van der Waals surface area contributed by atoms with Gasteiger partial charge in [-0.15, -0.1) is 12.4 Å². The number of rotatable bonds is 3. The fourth-order valence-corrected chi connectivity index (χ4v) is 3.68. The van der Waals surface area contributed by atoms with E-state index in [1.807, 2.05) is 0 Å². The molecule has 0 fully saturated rings. The maximum Gasteiger partial charge on any atom is 0.0486 e. The highest BCUT2D eigenvalue weighted by Gasteiger charge is 2.21. The van der Waals surface area contributed by atoms with Crippen molar-refractivity contribution in [2.24, 2.45) is 0 Å². The van der Waals surface area contributed by atoms with Gasteiger partial charge in [-0.05, 0) is 30.7 Å². The molecule has 3 aromatic rings. The Bertz CT molecular complexity index is 792. The van der Waals surface area contributed by atoms with Gasteiger partial charge in [0.2, 0.25) is 0 Å². The number of halogens is 1. The van der Waals surface area contributed by atoms with Crippen molar-refractivity contribution in [1.29, 1.82) is 0 Å². The number of hydrogen-bond donors (Lipinski definition) is 0. The van der Waals surface area contributed by atoms with Gasteiger partial charge in [0.25, 0.3) is 0 Å². The molecule has 0 atom stereocenters. The van der Waals surface area contributed by atoms with Gasteiger partial charge < -0.3 is 9.47 Å². The minimum absolute atomic E-state index is 0. The fraction of sp³-hybridized carbons (Fsp3) is 0.300. The number of nitrogens with zero attached hydrogens (tertiary/aromatic N) is 2. The molecule has 1 aliphatic heterocycles. The van der Waals surface area contributed by atoms with Crippen LogP contribution in [-0.2, 0) is 25.9 Å². The summed E-state index contributed by atoms with van der Waals surface area (Å²) in [4.78, 5) is 2.43. The third-order valence-corrected chi connectivity index (χ3v) is 4.82. The van der Waals surface area contributed by atoms with Crippen LogP contribution in [0.5, 0.6) is 0 Å². The maximum atomic E-state index is 2.56. The summed E-state index contributed by atoms with van der Waals surface area (Å²) in [7, 11) is 2.22. The molecule has 2 aromatic carbocycles. The SMILES string of the molecule is CN1CCc2c(c3ccccc3n2CCc2ccccc2)C1.Cl. The molecule has 2 heterocycles. The van der Waals surface area contributed by atoms with Crippen LogP contribution in [-0.4, -0.2) is 23.1 Å². The van der Waals surface area contributed by atoms with E-state index < -0.39 is 0 Å². The van der Waals surface area contributed by atoms with E-state index >= 15 is 0 Å². The number of hydrogen-bond acceptors (Lipinski definition) is 1. The summed E-state index contributed by atoms with van der Waals surface area (Å²) in [6.07, 6.45) is 2.26. The Labute approximate surface area is 144 Å². The number of likely N-dealkylation sites (N-methyl/N-ethyl adjacent to an activating group) is 1. The smallest absolute Gasteiger partial charge is 0.0486 e. The molecule has 0 unspecified atom stereocenters. The van der Waals surface area contributed by atoms with Crippen molar-refractivity contribution in [3.63, 3.8) is 0 Å². The number of benzene rings is 2. The zero-order valence-electron chi connectivity index (χ0n) is 13.5. The molecule has 23 heavy (non-hydrogen) atoms. The highest BCUT2D eigenvalue weighted by atomic mass is 35.5. The zero-order valence-corrected chi connectivity index (χ0v) is 14.4. The predicted molar refractivity (Wildman–Crippen MR) is 99.4 cm³/mol. The molecule has 1 aromatic heterocycles. The van der Waals surface area contributed by atoms with Gasteiger partial charge in [0, 0.05) is 42.7 Å². The Morgan fingerprint density at radius 2 is 1.70 bits per heavy atom. The molecule has 0 bridgehead atoms. The van der Waals surface area contributed by atoms with Crippen molar-refractivity contribution in [3.8, 4) is 0 Å². The van der Waals surface area contributed by atoms with Gasteiger partial charge in [-0.1, -0.05) is 48.5 Å². The molecule has 4 rings (SSSR count). The first-order chi connectivity index (χ1) is 10.8. The minimum atomic E-state index is 0. The lowest BCUT2D eigenvalue weighted by atomic mass is 10.1. The Hall–Kier alpha value is -1.77. The van der Waals surface area contributed by atoms with Crippen molar-refractivity contribution in [2.45, 2.75) is 25.9 Å². The number of fused-ring (bicyclic) bond motifs is 3. The molecule has 0 saturated carbocycles. The Morgan fingerprint density at radius 3 is 2.52 bits per heavy atom. The molecule has 0 saturated heterocycles. The summed E-state index contributed by atoms with van der Waals surface area (Å²) >= 11 is 0. The lowest BCUT2D eigenvalue weighted by molar-refractivity contribution is 0.309. The topological polar surface area (TPSA) is 8.17 Å². The minimum Gasteiger partial charge on any atom is -0.344 e. The highest BCUT2D eigenvalue weighted by Crippen LogP contribution is 2.30. The third kappa shape index (κ3) is 3.01. The summed E-state index contributed by atoms with van der Waals surface area (Å²) in [5.74, 6) is 0. The van der Waals surface area contributed by atoms with E-state index in [1.54, 1.807) is 5.69 Å². The average Bonchev–Trinajstić information content (AvgIpc) is 2.87. The molecule has 0 aliphatic carbocycles. The molecule has 2 nitrogen and oxygen atoms in total. The summed E-state index contributed by atoms with van der Waals surface area (Å²) in [6, 6.07) is 19.7. The van der Waals surface area contributed by atoms with E-state index in [1.165, 1.54) is 22.0 Å². The lowest BCUT2D eigenvalue weighted by Crippen LogP contribution is -2.27. The van der Waals surface area contributed by atoms with Crippen molar-refractivity contribution >= 4 is 23.3 Å². The molecule has 0 spiro atoms. The quantitative estimate of drug-likeness (QED) is 0.697. The molecule has 120 valence electrons. The van der Waals surface area contributed by atoms with E-state index in [-0.39, 0.29) is 12.4 Å². The zero-order chi connectivity index (χ0) is 14.9. The van der Waals surface area contributed by atoms with Crippen LogP contribution in [0.15, 0.2) is 54.6 Å². The van der Waals surface area contributed by atoms with Gasteiger partial charge in [-0.25, -0.2) is 0 Å². The van der Waals surface area contributed by atoms with E-state index in [2.05, 4.69) is 71.1 Å². The Balaban J connectivity index is 0.00000156. The van der Waals surface area contributed by atoms with Gasteiger partial charge in [0.15, 0.2) is 0 Å². The summed E-state index contributed by atoms with van der Waals surface area (Å²) < 4.78 is 2.56. The first-order valence-corrected chi connectivity index (χ1v) is 8.14. The summed E-state index contributed by atoms with van der Waals surface area (Å²) in [5.41, 5.74) is 5.91. The second-order valence-corrected chi connectivity index (χ2v) is 6.32. The van der Waals surface area contributed by atoms with Gasteiger partial charge in [0.05, 0.1) is 0 Å². The molecule has 0 amide bonds. The monoisotopic (exact) mass is 326 g/mol. The molecule has 3 heteroatoms. The van der Waals surface area contributed by atoms with Crippen LogP contribution >= 0.6 is 12.4 Å². The average molecular weight is 327 g/mol. The summed E-state index contributed by atoms with van der Waals surface area (Å²) in [6.45, 7) is 3.31. The molecular formula is C20H23ClN2. The summed E-state index contributed by atoms with van der Waals surface area (Å²) in [5, 5.41) is 1.44. The van der Waals surface area contributed by atoms with Crippen molar-refractivity contribution in [3.05, 3.63) is 71.4 Å². The van der Waals surface area contributed by atoms with Crippen molar-refractivity contribution < 1.29 is 0 Å². The fourth-order valence-electron chi connectivity index (χ4n) is 3.68. The van der Waals surface area contributed by atoms with Gasteiger partial charge in [-0.2, -0.15) is 0 Å². The van der Waals surface area contributed by atoms with Crippen LogP contribution in [0.3, 0.4) is 0 Å². The van der Waals surface area contributed by atoms with E-state index in [0.29, 0.717) is 0 Å². The van der Waals surface area contributed by atoms with Gasteiger partial charge in [-0.3, -0.25) is 0 Å². The van der Waals surface area contributed by atoms with Crippen LogP contribution in [0.2, 0.25) is 0 Å². The first-order valence-electron chi connectivity index (χ1n) is 8.14. The molecule has 0 radical (unpaired) electrons. The standard InChI is InChI=1S/C20H22N2.ClH/c1-21-13-12-20-18(15-21)17-9-5-6-10-19(17)22(20)14-11-16-7-3-2-4-8-16;/h2-10H,11-15H2,1H3;1H. The molecule has 0 N–H and O–H groups in total. The third-order valence-electron chi connectivity index (χ3n) is 4.82. The molecular weight excluding hydrogens is 304 g/mol. The second-order valence-electron chi connectivity index (χ2n) is 6.32. The number of aromatic nitrogens is 1. The van der Waals surface area contributed by atoms with E-state index in [4.69, 9.17) is 0 Å². The van der Waals surface area contributed by atoms with Crippen molar-refractivity contribution in [1.82, 2.24) is 9.47 Å². The van der Waals surface area contributed by atoms with E-state index in [9.17, 15) is 0 Å². The Kier molecular flexibility index (Phi) is 4.74. The van der Waals surface area contributed by atoms with Crippen LogP contribution < -0.4 is 0 Å². The lowest BCUT2D eigenvalue weighted by Gasteiger charge is -2.24. The van der Waals surface area contributed by atoms with E-state index in [0.717, 1.165) is 32.5 Å². The van der Waals surface area contributed by atoms with Gasteiger partial charge in [0.1, 0.15) is 0 Å². The Morgan fingerprint density at radius 1 is 0.957 bits per heavy atom.